The summed E-state index contributed by atoms with van der Waals surface area (Å²) in [6.45, 7) is 0. The van der Waals surface area contributed by atoms with E-state index in [-0.39, 0.29) is 0 Å². The summed E-state index contributed by atoms with van der Waals surface area (Å²) in [5, 5.41) is 8.88. The Balaban J connectivity index is 2.59. The average Bonchev–Trinajstić information content (AvgIpc) is 2.45. The molecule has 0 saturated heterocycles. The fraction of sp³-hybridized carbons (Fsp3) is 0.143. The number of benzene rings is 1. The summed E-state index contributed by atoms with van der Waals surface area (Å²) in [4.78, 5) is 3.91. The van der Waals surface area contributed by atoms with Crippen LogP contribution in [0.2, 0.25) is 0 Å². The maximum Gasteiger partial charge on any atom is 0.417 e. The van der Waals surface area contributed by atoms with E-state index >= 15 is 0 Å². The van der Waals surface area contributed by atoms with Crippen LogP contribution in [0.5, 0.6) is 5.75 Å². The second-order valence-corrected chi connectivity index (χ2v) is 3.95. The maximum absolute atomic E-state index is 12.7. The SMILES string of the molecule is COc1ccncc1-c1ccc(C(F)(F)F)c(C#N)c1. The third kappa shape index (κ3) is 2.57. The molecule has 0 radical (unpaired) electrons. The standard InChI is InChI=1S/C14H9F3N2O/c1-20-13-4-5-19-8-11(13)9-2-3-12(14(15,16)17)10(6-9)7-18/h2-6,8H,1H3. The lowest BCUT2D eigenvalue weighted by Crippen LogP contribution is -2.07. The van der Waals surface area contributed by atoms with E-state index in [0.717, 1.165) is 6.07 Å². The summed E-state index contributed by atoms with van der Waals surface area (Å²) in [6.07, 6.45) is -1.57. The van der Waals surface area contributed by atoms with Gasteiger partial charge in [0.15, 0.2) is 0 Å². The minimum atomic E-state index is -4.55. The highest BCUT2D eigenvalue weighted by Crippen LogP contribution is 2.35. The molecule has 20 heavy (non-hydrogen) atoms. The van der Waals surface area contributed by atoms with E-state index in [9.17, 15) is 13.2 Å². The van der Waals surface area contributed by atoms with E-state index in [1.165, 1.54) is 31.6 Å². The molecule has 2 aromatic rings. The molecule has 0 N–H and O–H groups in total. The van der Waals surface area contributed by atoms with Crippen molar-refractivity contribution in [3.8, 4) is 22.9 Å². The van der Waals surface area contributed by atoms with Crippen LogP contribution in [0.1, 0.15) is 11.1 Å². The molecule has 0 aliphatic rings. The second kappa shape index (κ2) is 5.21. The van der Waals surface area contributed by atoms with E-state index in [4.69, 9.17) is 10.00 Å². The molecule has 1 aromatic carbocycles. The zero-order chi connectivity index (χ0) is 14.8. The Morgan fingerprint density at radius 3 is 2.60 bits per heavy atom. The Kier molecular flexibility index (Phi) is 3.61. The van der Waals surface area contributed by atoms with Gasteiger partial charge in [0.2, 0.25) is 0 Å². The highest BCUT2D eigenvalue weighted by atomic mass is 19.4. The van der Waals surface area contributed by atoms with Gasteiger partial charge in [-0.15, -0.1) is 0 Å². The summed E-state index contributed by atoms with van der Waals surface area (Å²) in [7, 11) is 1.45. The Morgan fingerprint density at radius 2 is 2.00 bits per heavy atom. The van der Waals surface area contributed by atoms with Gasteiger partial charge in [-0.05, 0) is 23.8 Å². The molecule has 0 aliphatic heterocycles. The minimum absolute atomic E-state index is 0.430. The first-order valence-electron chi connectivity index (χ1n) is 5.57. The van der Waals surface area contributed by atoms with Crippen molar-refractivity contribution in [1.82, 2.24) is 4.98 Å². The number of hydrogen-bond donors (Lipinski definition) is 0. The van der Waals surface area contributed by atoms with E-state index in [0.29, 0.717) is 16.9 Å². The van der Waals surface area contributed by atoms with Crippen LogP contribution in [0.15, 0.2) is 36.7 Å². The van der Waals surface area contributed by atoms with Crippen LogP contribution in [-0.4, -0.2) is 12.1 Å². The molecule has 6 heteroatoms. The van der Waals surface area contributed by atoms with Crippen molar-refractivity contribution in [1.29, 1.82) is 5.26 Å². The van der Waals surface area contributed by atoms with Gasteiger partial charge in [-0.1, -0.05) is 6.07 Å². The van der Waals surface area contributed by atoms with Crippen LogP contribution in [0.3, 0.4) is 0 Å². The predicted octanol–water partition coefficient (Wildman–Crippen LogP) is 3.65. The van der Waals surface area contributed by atoms with Gasteiger partial charge in [-0.2, -0.15) is 18.4 Å². The van der Waals surface area contributed by atoms with E-state index < -0.39 is 17.3 Å². The van der Waals surface area contributed by atoms with Crippen LogP contribution < -0.4 is 4.74 Å². The summed E-state index contributed by atoms with van der Waals surface area (Å²) in [5.74, 6) is 0.476. The van der Waals surface area contributed by atoms with Gasteiger partial charge in [0, 0.05) is 18.0 Å². The highest BCUT2D eigenvalue weighted by molar-refractivity contribution is 5.71. The van der Waals surface area contributed by atoms with Crippen molar-refractivity contribution in [2.45, 2.75) is 6.18 Å². The largest absolute Gasteiger partial charge is 0.496 e. The third-order valence-electron chi connectivity index (χ3n) is 2.76. The van der Waals surface area contributed by atoms with Crippen molar-refractivity contribution >= 4 is 0 Å². The molecule has 0 spiro atoms. The fourth-order valence-electron chi connectivity index (χ4n) is 1.83. The Hall–Kier alpha value is -2.55. The molecule has 0 bridgehead atoms. The lowest BCUT2D eigenvalue weighted by atomic mass is 10.00. The third-order valence-corrected chi connectivity index (χ3v) is 2.76. The second-order valence-electron chi connectivity index (χ2n) is 3.95. The topological polar surface area (TPSA) is 45.9 Å². The first kappa shape index (κ1) is 13.9. The Morgan fingerprint density at radius 1 is 1.25 bits per heavy atom. The van der Waals surface area contributed by atoms with E-state index in [1.54, 1.807) is 12.1 Å². The fourth-order valence-corrected chi connectivity index (χ4v) is 1.83. The number of alkyl halides is 3. The number of methoxy groups -OCH3 is 1. The maximum atomic E-state index is 12.7. The summed E-state index contributed by atoms with van der Waals surface area (Å²) >= 11 is 0. The lowest BCUT2D eigenvalue weighted by Gasteiger charge is -2.12. The van der Waals surface area contributed by atoms with E-state index in [2.05, 4.69) is 4.98 Å². The number of halogens is 3. The number of rotatable bonds is 2. The normalized spacial score (nSPS) is 10.9. The molecule has 0 atom stereocenters. The van der Waals surface area contributed by atoms with Gasteiger partial charge >= 0.3 is 6.18 Å². The molecule has 0 saturated carbocycles. The van der Waals surface area contributed by atoms with Crippen molar-refractivity contribution in [2.75, 3.05) is 7.11 Å². The van der Waals surface area contributed by atoms with Gasteiger partial charge in [-0.3, -0.25) is 4.98 Å². The molecule has 0 unspecified atom stereocenters. The van der Waals surface area contributed by atoms with Crippen molar-refractivity contribution in [3.63, 3.8) is 0 Å². The molecule has 3 nitrogen and oxygen atoms in total. The molecule has 0 fully saturated rings. The molecule has 1 aromatic heterocycles. The van der Waals surface area contributed by atoms with Crippen LogP contribution >= 0.6 is 0 Å². The van der Waals surface area contributed by atoms with E-state index in [1.807, 2.05) is 0 Å². The number of hydrogen-bond acceptors (Lipinski definition) is 3. The lowest BCUT2D eigenvalue weighted by molar-refractivity contribution is -0.137. The van der Waals surface area contributed by atoms with Crippen LogP contribution in [0, 0.1) is 11.3 Å². The summed E-state index contributed by atoms with van der Waals surface area (Å²) < 4.78 is 43.3. The average molecular weight is 278 g/mol. The zero-order valence-corrected chi connectivity index (χ0v) is 10.4. The molecule has 1 heterocycles. The monoisotopic (exact) mass is 278 g/mol. The predicted molar refractivity (Wildman–Crippen MR) is 65.9 cm³/mol. The highest BCUT2D eigenvalue weighted by Gasteiger charge is 2.33. The number of nitrogens with zero attached hydrogens (tertiary/aromatic N) is 2. The van der Waals surface area contributed by atoms with Crippen molar-refractivity contribution in [2.24, 2.45) is 0 Å². The van der Waals surface area contributed by atoms with Crippen LogP contribution in [-0.2, 0) is 6.18 Å². The number of aromatic nitrogens is 1. The molecular weight excluding hydrogens is 269 g/mol. The van der Waals surface area contributed by atoms with Crippen LogP contribution in [0.25, 0.3) is 11.1 Å². The summed E-state index contributed by atoms with van der Waals surface area (Å²) in [5.41, 5.74) is -0.410. The molecule has 0 aliphatic carbocycles. The first-order chi connectivity index (χ1) is 9.47. The number of ether oxygens (including phenoxy) is 1. The quantitative estimate of drug-likeness (QED) is 0.842. The number of pyridine rings is 1. The van der Waals surface area contributed by atoms with Crippen molar-refractivity contribution < 1.29 is 17.9 Å². The van der Waals surface area contributed by atoms with Gasteiger partial charge < -0.3 is 4.74 Å². The number of nitriles is 1. The molecule has 2 rings (SSSR count). The van der Waals surface area contributed by atoms with Crippen LogP contribution in [0.4, 0.5) is 13.2 Å². The Labute approximate surface area is 113 Å². The van der Waals surface area contributed by atoms with Gasteiger partial charge in [0.1, 0.15) is 5.75 Å². The zero-order valence-electron chi connectivity index (χ0n) is 10.4. The molecular formula is C14H9F3N2O. The Bertz CT molecular complexity index is 675. The van der Waals surface area contributed by atoms with Gasteiger partial charge in [0.05, 0.1) is 24.3 Å². The minimum Gasteiger partial charge on any atom is -0.496 e. The molecule has 0 amide bonds. The first-order valence-corrected chi connectivity index (χ1v) is 5.57. The van der Waals surface area contributed by atoms with Crippen molar-refractivity contribution in [3.05, 3.63) is 47.8 Å². The smallest absolute Gasteiger partial charge is 0.417 e. The van der Waals surface area contributed by atoms with Gasteiger partial charge in [0.25, 0.3) is 0 Å². The van der Waals surface area contributed by atoms with Gasteiger partial charge in [-0.25, -0.2) is 0 Å². The summed E-state index contributed by atoms with van der Waals surface area (Å²) in [6, 6.07) is 6.53. The molecule has 102 valence electrons.